The fourth-order valence-electron chi connectivity index (χ4n) is 8.24. The third-order valence-electron chi connectivity index (χ3n) is 10.2. The summed E-state index contributed by atoms with van der Waals surface area (Å²) < 4.78 is 12.7. The number of hydrogen-bond acceptors (Lipinski definition) is 5. The first-order valence-electron chi connectivity index (χ1n) is 15.0. The average molecular weight is 555 g/mol. The van der Waals surface area contributed by atoms with Crippen molar-refractivity contribution in [1.29, 1.82) is 0 Å². The molecule has 2 fully saturated rings. The summed E-state index contributed by atoms with van der Waals surface area (Å²) in [6, 6.07) is 9.93. The zero-order valence-corrected chi connectivity index (χ0v) is 25.0. The number of methoxy groups -OCH3 is 1. The summed E-state index contributed by atoms with van der Waals surface area (Å²) in [5, 5.41) is 12.8. The van der Waals surface area contributed by atoms with Gasteiger partial charge in [0, 0.05) is 36.2 Å². The molecule has 2 aromatic rings. The molecule has 2 heterocycles. The minimum absolute atomic E-state index is 0.0352. The number of hydrogen-bond donors (Lipinski definition) is 1. The Morgan fingerprint density at radius 3 is 2.78 bits per heavy atom. The highest BCUT2D eigenvalue weighted by Crippen LogP contribution is 2.66. The molecule has 2 aromatic carbocycles. The molecule has 2 bridgehead atoms. The summed E-state index contributed by atoms with van der Waals surface area (Å²) in [6.45, 7) is 14.5. The number of piperidine rings is 1. The van der Waals surface area contributed by atoms with Crippen LogP contribution in [0.25, 0.3) is 0 Å². The van der Waals surface area contributed by atoms with E-state index >= 15 is 0 Å². The SMILES string of the molecule is C=CCN1CC[C@]23c4c5ccc(OC)c4O[C@H]2[C@@H](N(CC(C)C)C(=O)C#Cc2ccc(C)c(C)c2)CC[C@@]3(O)[C@H]1C5. The van der Waals surface area contributed by atoms with Gasteiger partial charge < -0.3 is 19.5 Å². The number of carbonyl (C=O) groups is 1. The molecule has 6 heteroatoms. The Balaban J connectivity index is 1.43. The van der Waals surface area contributed by atoms with Crippen molar-refractivity contribution >= 4 is 5.91 Å². The van der Waals surface area contributed by atoms with Gasteiger partial charge >= 0.3 is 0 Å². The maximum Gasteiger partial charge on any atom is 0.299 e. The monoisotopic (exact) mass is 554 g/mol. The van der Waals surface area contributed by atoms with Crippen molar-refractivity contribution in [1.82, 2.24) is 9.80 Å². The van der Waals surface area contributed by atoms with Crippen LogP contribution in [0.5, 0.6) is 11.5 Å². The van der Waals surface area contributed by atoms with Gasteiger partial charge in [-0.1, -0.05) is 38.0 Å². The van der Waals surface area contributed by atoms with E-state index in [1.54, 1.807) is 7.11 Å². The number of aryl methyl sites for hydroxylation is 2. The summed E-state index contributed by atoms with van der Waals surface area (Å²) >= 11 is 0. The molecule has 6 nitrogen and oxygen atoms in total. The minimum atomic E-state index is -0.975. The molecule has 1 saturated carbocycles. The van der Waals surface area contributed by atoms with Crippen LogP contribution in [0.4, 0.5) is 0 Å². The zero-order chi connectivity index (χ0) is 29.1. The first-order chi connectivity index (χ1) is 19.6. The number of ether oxygens (including phenoxy) is 2. The lowest BCUT2D eigenvalue weighted by Crippen LogP contribution is -2.78. The van der Waals surface area contributed by atoms with Crippen LogP contribution in [0.1, 0.15) is 60.9 Å². The Labute approximate surface area is 244 Å². The normalized spacial score (nSPS) is 29.2. The number of amides is 1. The van der Waals surface area contributed by atoms with Crippen molar-refractivity contribution in [3.63, 3.8) is 0 Å². The van der Waals surface area contributed by atoms with E-state index in [0.717, 1.165) is 48.4 Å². The molecule has 2 aliphatic carbocycles. The maximum atomic E-state index is 13.9. The summed E-state index contributed by atoms with van der Waals surface area (Å²) in [4.78, 5) is 18.3. The van der Waals surface area contributed by atoms with Gasteiger partial charge in [0.25, 0.3) is 5.91 Å². The van der Waals surface area contributed by atoms with Crippen LogP contribution in [0.15, 0.2) is 43.0 Å². The summed E-state index contributed by atoms with van der Waals surface area (Å²) in [7, 11) is 1.67. The van der Waals surface area contributed by atoms with Gasteiger partial charge in [0.1, 0.15) is 6.10 Å². The van der Waals surface area contributed by atoms with Gasteiger partial charge in [-0.15, -0.1) is 6.58 Å². The Bertz CT molecular complexity index is 1450. The second-order valence-corrected chi connectivity index (χ2v) is 12.8. The van der Waals surface area contributed by atoms with E-state index in [0.29, 0.717) is 25.1 Å². The smallest absolute Gasteiger partial charge is 0.299 e. The van der Waals surface area contributed by atoms with Gasteiger partial charge in [-0.3, -0.25) is 9.69 Å². The quantitative estimate of drug-likeness (QED) is 0.419. The van der Waals surface area contributed by atoms with Crippen LogP contribution in [0.2, 0.25) is 0 Å². The number of nitrogens with zero attached hydrogens (tertiary/aromatic N) is 2. The van der Waals surface area contributed by atoms with E-state index in [4.69, 9.17) is 9.47 Å². The number of aliphatic hydroxyl groups is 1. The summed E-state index contributed by atoms with van der Waals surface area (Å²) in [6.07, 6.45) is 4.30. The van der Waals surface area contributed by atoms with Crippen LogP contribution in [-0.2, 0) is 16.6 Å². The lowest BCUT2D eigenvalue weighted by molar-refractivity contribution is -0.199. The summed E-state index contributed by atoms with van der Waals surface area (Å²) in [5.74, 6) is 7.60. The Morgan fingerprint density at radius 2 is 2.07 bits per heavy atom. The molecule has 1 spiro atoms. The van der Waals surface area contributed by atoms with Gasteiger partial charge in [0.15, 0.2) is 11.5 Å². The van der Waals surface area contributed by atoms with E-state index in [1.165, 1.54) is 11.1 Å². The molecule has 4 aliphatic rings. The molecule has 0 aromatic heterocycles. The number of rotatable bonds is 6. The van der Waals surface area contributed by atoms with E-state index in [9.17, 15) is 9.90 Å². The molecule has 41 heavy (non-hydrogen) atoms. The van der Waals surface area contributed by atoms with E-state index in [1.807, 2.05) is 35.2 Å². The van der Waals surface area contributed by atoms with Gasteiger partial charge in [-0.05, 0) is 86.9 Å². The third kappa shape index (κ3) is 4.12. The van der Waals surface area contributed by atoms with E-state index in [-0.39, 0.29) is 30.0 Å². The second-order valence-electron chi connectivity index (χ2n) is 12.8. The largest absolute Gasteiger partial charge is 0.493 e. The van der Waals surface area contributed by atoms with Crippen LogP contribution < -0.4 is 9.47 Å². The first-order valence-corrected chi connectivity index (χ1v) is 15.0. The highest BCUT2D eigenvalue weighted by Gasteiger charge is 2.73. The fourth-order valence-corrected chi connectivity index (χ4v) is 8.24. The Kier molecular flexibility index (Phi) is 6.95. The van der Waals surface area contributed by atoms with E-state index in [2.05, 4.69) is 57.1 Å². The molecule has 0 unspecified atom stereocenters. The zero-order valence-electron chi connectivity index (χ0n) is 25.0. The highest BCUT2D eigenvalue weighted by atomic mass is 16.5. The van der Waals surface area contributed by atoms with Crippen molar-refractivity contribution in [3.05, 3.63) is 70.8 Å². The lowest BCUT2D eigenvalue weighted by Gasteiger charge is -2.64. The van der Waals surface area contributed by atoms with Gasteiger partial charge in [0.2, 0.25) is 0 Å². The molecule has 1 N–H and O–H groups in total. The van der Waals surface area contributed by atoms with Crippen molar-refractivity contribution in [2.24, 2.45) is 5.92 Å². The average Bonchev–Trinajstić information content (AvgIpc) is 3.29. The van der Waals surface area contributed by atoms with Gasteiger partial charge in [-0.2, -0.15) is 0 Å². The number of carbonyl (C=O) groups excluding carboxylic acids is 1. The van der Waals surface area contributed by atoms with Gasteiger partial charge in [0.05, 0.1) is 24.2 Å². The van der Waals surface area contributed by atoms with E-state index < -0.39 is 11.0 Å². The number of benzene rings is 2. The molecule has 1 saturated heterocycles. The van der Waals surface area contributed by atoms with Crippen LogP contribution >= 0.6 is 0 Å². The van der Waals surface area contributed by atoms with Crippen LogP contribution in [-0.4, -0.2) is 71.3 Å². The lowest BCUT2D eigenvalue weighted by atomic mass is 9.48. The van der Waals surface area contributed by atoms with Crippen molar-refractivity contribution in [3.8, 4) is 23.3 Å². The molecule has 1 amide bonds. The minimum Gasteiger partial charge on any atom is -0.493 e. The van der Waals surface area contributed by atoms with Crippen molar-refractivity contribution in [2.75, 3.05) is 26.7 Å². The standard InChI is InChI=1S/C35H42N2O4/c1-7-17-36-18-16-34-31-26-11-12-28(40-6)32(31)41-33(34)27(14-15-35(34,39)29(36)20-26)37(21-22(2)3)30(38)13-10-25-9-8-23(4)24(5)19-25/h7-9,11-12,19,22,27,29,33,39H,1,14-18,20-21H2,2-6H3/t27-,29+,33-,34-,35+/m0/s1. The number of likely N-dealkylation sites (tertiary alicyclic amines) is 1. The van der Waals surface area contributed by atoms with Crippen molar-refractivity contribution < 1.29 is 19.4 Å². The van der Waals surface area contributed by atoms with Crippen LogP contribution in [0, 0.1) is 31.6 Å². The van der Waals surface area contributed by atoms with Crippen LogP contribution in [0.3, 0.4) is 0 Å². The molecular weight excluding hydrogens is 512 g/mol. The molecule has 0 radical (unpaired) electrons. The summed E-state index contributed by atoms with van der Waals surface area (Å²) in [5.41, 5.74) is 3.92. The highest BCUT2D eigenvalue weighted by molar-refractivity contribution is 5.94. The van der Waals surface area contributed by atoms with Crippen molar-refractivity contribution in [2.45, 2.75) is 82.6 Å². The topological polar surface area (TPSA) is 62.2 Å². The third-order valence-corrected chi connectivity index (χ3v) is 10.2. The Hall–Kier alpha value is -3.27. The fraction of sp³-hybridized carbons (Fsp3) is 0.514. The van der Waals surface area contributed by atoms with Gasteiger partial charge in [-0.25, -0.2) is 0 Å². The second kappa shape index (κ2) is 10.2. The predicted molar refractivity (Wildman–Crippen MR) is 160 cm³/mol. The molecule has 6 rings (SSSR count). The molecule has 2 aliphatic heterocycles. The molecule has 5 atom stereocenters. The first kappa shape index (κ1) is 27.9. The predicted octanol–water partition coefficient (Wildman–Crippen LogP) is 4.56. The maximum absolute atomic E-state index is 13.9. The molecular formula is C35H42N2O4. The Morgan fingerprint density at radius 1 is 1.27 bits per heavy atom. The molecule has 216 valence electrons.